The molecule has 0 spiro atoms. The van der Waals surface area contributed by atoms with Gasteiger partial charge in [-0.25, -0.2) is 0 Å². The van der Waals surface area contributed by atoms with Gasteiger partial charge in [-0.3, -0.25) is 4.79 Å². The predicted molar refractivity (Wildman–Crippen MR) is 86.2 cm³/mol. The number of amides is 1. The summed E-state index contributed by atoms with van der Waals surface area (Å²) in [7, 11) is 1.85. The van der Waals surface area contributed by atoms with Crippen LogP contribution in [0.25, 0.3) is 0 Å². The van der Waals surface area contributed by atoms with Crippen LogP contribution in [0.3, 0.4) is 0 Å². The first-order valence-electron chi connectivity index (χ1n) is 7.45. The van der Waals surface area contributed by atoms with Gasteiger partial charge in [0.2, 0.25) is 0 Å². The molecule has 1 unspecified atom stereocenters. The molecule has 0 saturated carbocycles. The topological polar surface area (TPSA) is 40.5 Å². The Morgan fingerprint density at radius 1 is 1.43 bits per heavy atom. The van der Waals surface area contributed by atoms with Gasteiger partial charge in [-0.1, -0.05) is 38.2 Å². The van der Waals surface area contributed by atoms with Gasteiger partial charge in [0, 0.05) is 31.1 Å². The Morgan fingerprint density at radius 2 is 2.14 bits per heavy atom. The highest BCUT2D eigenvalue weighted by Crippen LogP contribution is 2.14. The number of hydrogen-bond acceptors (Lipinski definition) is 2. The van der Waals surface area contributed by atoms with E-state index in [-0.39, 0.29) is 12.5 Å². The van der Waals surface area contributed by atoms with Crippen molar-refractivity contribution >= 4 is 5.91 Å². The van der Waals surface area contributed by atoms with Gasteiger partial charge in [-0.05, 0) is 30.5 Å². The molecule has 1 rings (SSSR count). The molecule has 1 amide bonds. The minimum atomic E-state index is 0.0404. The van der Waals surface area contributed by atoms with E-state index in [0.717, 1.165) is 24.1 Å². The van der Waals surface area contributed by atoms with Gasteiger partial charge in [0.1, 0.15) is 0 Å². The van der Waals surface area contributed by atoms with Crippen molar-refractivity contribution in [2.75, 3.05) is 20.2 Å². The number of aliphatic hydroxyl groups excluding tert-OH is 1. The van der Waals surface area contributed by atoms with Crippen molar-refractivity contribution in [1.29, 1.82) is 0 Å². The monoisotopic (exact) mass is 287 g/mol. The lowest BCUT2D eigenvalue weighted by Crippen LogP contribution is -2.31. The molecular weight excluding hydrogens is 262 g/mol. The molecule has 21 heavy (non-hydrogen) atoms. The molecule has 3 nitrogen and oxygen atoms in total. The summed E-state index contributed by atoms with van der Waals surface area (Å²) in [4.78, 5) is 14.3. The average Bonchev–Trinajstić information content (AvgIpc) is 2.48. The van der Waals surface area contributed by atoms with Crippen molar-refractivity contribution in [2.45, 2.75) is 33.6 Å². The second-order valence-corrected chi connectivity index (χ2v) is 5.50. The molecule has 1 N–H and O–H groups in total. The van der Waals surface area contributed by atoms with Crippen molar-refractivity contribution in [3.63, 3.8) is 0 Å². The normalized spacial score (nSPS) is 11.5. The summed E-state index contributed by atoms with van der Waals surface area (Å²) in [6.07, 6.45) is 1.51. The molecular formula is C18H25NO2. The Kier molecular flexibility index (Phi) is 6.98. The summed E-state index contributed by atoms with van der Waals surface area (Å²) in [6.45, 7) is 7.03. The van der Waals surface area contributed by atoms with Gasteiger partial charge < -0.3 is 10.0 Å². The molecule has 114 valence electrons. The molecule has 0 heterocycles. The number of carbonyl (C=O) groups excluding carboxylic acids is 1. The molecule has 3 heteroatoms. The SMILES string of the molecule is CCC(C)CN(C)C(=O)c1cc(C#CCCO)ccc1C. The minimum absolute atomic E-state index is 0.0404. The van der Waals surface area contributed by atoms with Crippen LogP contribution in [0.1, 0.15) is 48.2 Å². The highest BCUT2D eigenvalue weighted by molar-refractivity contribution is 5.95. The van der Waals surface area contributed by atoms with Crippen LogP contribution in [0.4, 0.5) is 0 Å². The van der Waals surface area contributed by atoms with E-state index in [4.69, 9.17) is 5.11 Å². The summed E-state index contributed by atoms with van der Waals surface area (Å²) >= 11 is 0. The predicted octanol–water partition coefficient (Wildman–Crippen LogP) is 2.85. The Hall–Kier alpha value is -1.79. The number of rotatable bonds is 5. The van der Waals surface area contributed by atoms with E-state index in [0.29, 0.717) is 17.9 Å². The number of benzene rings is 1. The van der Waals surface area contributed by atoms with Crippen LogP contribution in [0.15, 0.2) is 18.2 Å². The van der Waals surface area contributed by atoms with E-state index in [1.165, 1.54) is 0 Å². The van der Waals surface area contributed by atoms with E-state index < -0.39 is 0 Å². The number of nitrogens with zero attached hydrogens (tertiary/aromatic N) is 1. The highest BCUT2D eigenvalue weighted by Gasteiger charge is 2.16. The molecule has 1 aromatic carbocycles. The molecule has 0 aliphatic rings. The first kappa shape index (κ1) is 17.3. The van der Waals surface area contributed by atoms with Crippen molar-refractivity contribution in [2.24, 2.45) is 5.92 Å². The fourth-order valence-corrected chi connectivity index (χ4v) is 2.04. The van der Waals surface area contributed by atoms with Crippen LogP contribution in [0, 0.1) is 24.7 Å². The third-order valence-electron chi connectivity index (χ3n) is 3.57. The van der Waals surface area contributed by atoms with E-state index in [2.05, 4.69) is 25.7 Å². The maximum atomic E-state index is 12.5. The Bertz CT molecular complexity index is 540. The van der Waals surface area contributed by atoms with Crippen LogP contribution in [0.2, 0.25) is 0 Å². The average molecular weight is 287 g/mol. The number of carbonyl (C=O) groups is 1. The Balaban J connectivity index is 2.93. The summed E-state index contributed by atoms with van der Waals surface area (Å²) < 4.78 is 0. The van der Waals surface area contributed by atoms with Crippen LogP contribution in [-0.2, 0) is 0 Å². The second kappa shape index (κ2) is 8.49. The number of hydrogen-bond donors (Lipinski definition) is 1. The van der Waals surface area contributed by atoms with Crippen LogP contribution in [0.5, 0.6) is 0 Å². The summed E-state index contributed by atoms with van der Waals surface area (Å²) in [5.74, 6) is 6.39. The lowest BCUT2D eigenvalue weighted by molar-refractivity contribution is 0.0774. The fourth-order valence-electron chi connectivity index (χ4n) is 2.04. The van der Waals surface area contributed by atoms with Crippen LogP contribution in [-0.4, -0.2) is 36.1 Å². The third-order valence-corrected chi connectivity index (χ3v) is 3.57. The lowest BCUT2D eigenvalue weighted by Gasteiger charge is -2.21. The maximum absolute atomic E-state index is 12.5. The molecule has 0 fully saturated rings. The van der Waals surface area contributed by atoms with Crippen molar-refractivity contribution < 1.29 is 9.90 Å². The minimum Gasteiger partial charge on any atom is -0.395 e. The smallest absolute Gasteiger partial charge is 0.253 e. The molecule has 0 radical (unpaired) electrons. The van der Waals surface area contributed by atoms with Gasteiger partial charge >= 0.3 is 0 Å². The highest BCUT2D eigenvalue weighted by atomic mass is 16.2. The third kappa shape index (κ3) is 5.24. The zero-order valence-corrected chi connectivity index (χ0v) is 13.4. The van der Waals surface area contributed by atoms with Crippen LogP contribution >= 0.6 is 0 Å². The Morgan fingerprint density at radius 3 is 2.76 bits per heavy atom. The van der Waals surface area contributed by atoms with Crippen molar-refractivity contribution in [1.82, 2.24) is 4.90 Å². The van der Waals surface area contributed by atoms with Gasteiger partial charge in [-0.15, -0.1) is 0 Å². The molecule has 0 aromatic heterocycles. The second-order valence-electron chi connectivity index (χ2n) is 5.50. The van der Waals surface area contributed by atoms with Crippen molar-refractivity contribution in [3.8, 4) is 11.8 Å². The largest absolute Gasteiger partial charge is 0.395 e. The van der Waals surface area contributed by atoms with Gasteiger partial charge in [-0.2, -0.15) is 0 Å². The molecule has 0 aliphatic carbocycles. The van der Waals surface area contributed by atoms with Gasteiger partial charge in [0.05, 0.1) is 6.61 Å². The van der Waals surface area contributed by atoms with E-state index in [1.54, 1.807) is 4.90 Å². The van der Waals surface area contributed by atoms with E-state index >= 15 is 0 Å². The Labute approximate surface area is 128 Å². The summed E-state index contributed by atoms with van der Waals surface area (Å²) in [5.41, 5.74) is 2.48. The maximum Gasteiger partial charge on any atom is 0.253 e. The fraction of sp³-hybridized carbons (Fsp3) is 0.500. The number of aryl methyl sites for hydroxylation is 1. The zero-order chi connectivity index (χ0) is 15.8. The quantitative estimate of drug-likeness (QED) is 0.846. The summed E-state index contributed by atoms with van der Waals surface area (Å²) in [6, 6.07) is 5.67. The molecule has 0 saturated heterocycles. The summed E-state index contributed by atoms with van der Waals surface area (Å²) in [5, 5.41) is 8.75. The lowest BCUT2D eigenvalue weighted by atomic mass is 10.0. The number of aliphatic hydroxyl groups is 1. The zero-order valence-electron chi connectivity index (χ0n) is 13.4. The first-order valence-corrected chi connectivity index (χ1v) is 7.45. The molecule has 0 bridgehead atoms. The van der Waals surface area contributed by atoms with E-state index in [9.17, 15) is 4.79 Å². The van der Waals surface area contributed by atoms with Gasteiger partial charge in [0.15, 0.2) is 0 Å². The van der Waals surface area contributed by atoms with E-state index in [1.807, 2.05) is 32.2 Å². The standard InChI is InChI=1S/C18H25NO2/c1-5-14(2)13-19(4)18(21)17-12-16(8-6-7-11-20)10-9-15(17)3/h9-10,12,14,20H,5,7,11,13H2,1-4H3. The van der Waals surface area contributed by atoms with Gasteiger partial charge in [0.25, 0.3) is 5.91 Å². The first-order chi connectivity index (χ1) is 9.99. The molecule has 1 aromatic rings. The van der Waals surface area contributed by atoms with Crippen molar-refractivity contribution in [3.05, 3.63) is 34.9 Å². The molecule has 0 aliphatic heterocycles. The molecule has 1 atom stereocenters. The van der Waals surface area contributed by atoms with Crippen LogP contribution < -0.4 is 0 Å².